The summed E-state index contributed by atoms with van der Waals surface area (Å²) >= 11 is 1.19. The summed E-state index contributed by atoms with van der Waals surface area (Å²) in [6, 6.07) is 16.2. The Balaban J connectivity index is 1.51. The van der Waals surface area contributed by atoms with Crippen LogP contribution in [0.25, 0.3) is 0 Å². The quantitative estimate of drug-likeness (QED) is 0.369. The zero-order chi connectivity index (χ0) is 22.4. The average molecular weight is 448 g/mol. The maximum absolute atomic E-state index is 12.9. The first-order valence-corrected chi connectivity index (χ1v) is 9.96. The fraction of sp³-hybridized carbons (Fsp3) is 0.0909. The number of alkyl halides is 3. The van der Waals surface area contributed by atoms with Gasteiger partial charge in [0, 0.05) is 21.8 Å². The van der Waals surface area contributed by atoms with Crippen molar-refractivity contribution in [1.29, 1.82) is 0 Å². The maximum Gasteiger partial charge on any atom is 0.416 e. The van der Waals surface area contributed by atoms with Crippen molar-refractivity contribution in [3.05, 3.63) is 89.7 Å². The summed E-state index contributed by atoms with van der Waals surface area (Å²) in [4.78, 5) is 24.9. The minimum Gasteiger partial charge on any atom is -0.325 e. The van der Waals surface area contributed by atoms with Crippen LogP contribution in [0.15, 0.2) is 77.7 Å². The number of carbonyl (C=O) groups is 2. The second-order valence-corrected chi connectivity index (χ2v) is 7.45. The molecular weight excluding hydrogens is 432 g/mol. The molecule has 0 aliphatic heterocycles. The van der Waals surface area contributed by atoms with Gasteiger partial charge in [-0.05, 0) is 66.7 Å². The zero-order valence-corrected chi connectivity index (χ0v) is 16.7. The highest BCUT2D eigenvalue weighted by molar-refractivity contribution is 8.00. The van der Waals surface area contributed by atoms with Crippen LogP contribution in [0, 0.1) is 5.82 Å². The molecule has 2 N–H and O–H groups in total. The van der Waals surface area contributed by atoms with E-state index in [1.54, 1.807) is 24.3 Å². The molecule has 4 nitrogen and oxygen atoms in total. The van der Waals surface area contributed by atoms with Crippen molar-refractivity contribution >= 4 is 35.0 Å². The monoisotopic (exact) mass is 448 g/mol. The number of nitrogens with one attached hydrogen (secondary N) is 2. The third kappa shape index (κ3) is 6.58. The van der Waals surface area contributed by atoms with E-state index in [-0.39, 0.29) is 17.3 Å². The van der Waals surface area contributed by atoms with E-state index in [4.69, 9.17) is 0 Å². The minimum atomic E-state index is -4.48. The van der Waals surface area contributed by atoms with Crippen LogP contribution in [-0.4, -0.2) is 17.6 Å². The van der Waals surface area contributed by atoms with Gasteiger partial charge >= 0.3 is 6.18 Å². The lowest BCUT2D eigenvalue weighted by atomic mass is 10.2. The Morgan fingerprint density at radius 2 is 1.52 bits per heavy atom. The molecule has 0 unspecified atom stereocenters. The Kier molecular flexibility index (Phi) is 6.96. The normalized spacial score (nSPS) is 11.1. The van der Waals surface area contributed by atoms with Crippen LogP contribution in [0.1, 0.15) is 15.9 Å². The van der Waals surface area contributed by atoms with E-state index < -0.39 is 23.5 Å². The lowest BCUT2D eigenvalue weighted by Crippen LogP contribution is -2.15. The summed E-state index contributed by atoms with van der Waals surface area (Å²) in [5.41, 5.74) is 0.0636. The van der Waals surface area contributed by atoms with Crippen LogP contribution < -0.4 is 10.6 Å². The molecule has 31 heavy (non-hydrogen) atoms. The molecule has 0 spiro atoms. The molecule has 0 heterocycles. The number of halogens is 4. The number of hydrogen-bond acceptors (Lipinski definition) is 3. The SMILES string of the molecule is O=C(CSc1ccc(NC(=O)c2ccc(F)cc2)cc1)Nc1cccc(C(F)(F)F)c1. The Morgan fingerprint density at radius 1 is 0.839 bits per heavy atom. The van der Waals surface area contributed by atoms with Crippen LogP contribution in [0.4, 0.5) is 28.9 Å². The zero-order valence-electron chi connectivity index (χ0n) is 15.9. The van der Waals surface area contributed by atoms with E-state index in [9.17, 15) is 27.2 Å². The van der Waals surface area contributed by atoms with Gasteiger partial charge in [0.05, 0.1) is 11.3 Å². The first-order valence-electron chi connectivity index (χ1n) is 8.97. The van der Waals surface area contributed by atoms with E-state index in [0.29, 0.717) is 11.3 Å². The summed E-state index contributed by atoms with van der Waals surface area (Å²) in [5.74, 6) is -1.27. The third-order valence-corrected chi connectivity index (χ3v) is 5.07. The Bertz CT molecular complexity index is 1070. The molecule has 0 saturated heterocycles. The number of carbonyl (C=O) groups excluding carboxylic acids is 2. The highest BCUT2D eigenvalue weighted by Crippen LogP contribution is 2.30. The summed E-state index contributed by atoms with van der Waals surface area (Å²) < 4.78 is 51.2. The standard InChI is InChI=1S/C22H16F4N2O2S/c23-16-6-4-14(5-7-16)21(30)28-17-8-10-19(11-9-17)31-13-20(29)27-18-3-1-2-15(12-18)22(24,25)26/h1-12H,13H2,(H,27,29)(H,28,30). The van der Waals surface area contributed by atoms with Gasteiger partial charge in [0.15, 0.2) is 0 Å². The second-order valence-electron chi connectivity index (χ2n) is 6.40. The molecule has 3 aromatic carbocycles. The van der Waals surface area contributed by atoms with Gasteiger partial charge in [0.25, 0.3) is 5.91 Å². The molecule has 0 aromatic heterocycles. The van der Waals surface area contributed by atoms with Crippen LogP contribution >= 0.6 is 11.8 Å². The highest BCUT2D eigenvalue weighted by Gasteiger charge is 2.30. The lowest BCUT2D eigenvalue weighted by molar-refractivity contribution is -0.137. The van der Waals surface area contributed by atoms with Gasteiger partial charge in [0.2, 0.25) is 5.91 Å². The maximum atomic E-state index is 12.9. The first kappa shape index (κ1) is 22.4. The largest absolute Gasteiger partial charge is 0.416 e. The number of benzene rings is 3. The Hall–Kier alpha value is -3.33. The predicted molar refractivity (Wildman–Crippen MR) is 112 cm³/mol. The van der Waals surface area contributed by atoms with Crippen LogP contribution in [0.2, 0.25) is 0 Å². The Labute approximate surface area is 179 Å². The molecule has 3 aromatic rings. The van der Waals surface area contributed by atoms with E-state index >= 15 is 0 Å². The molecule has 0 aliphatic carbocycles. The molecule has 9 heteroatoms. The number of rotatable bonds is 6. The van der Waals surface area contributed by atoms with E-state index in [2.05, 4.69) is 10.6 Å². The molecule has 0 bridgehead atoms. The fourth-order valence-electron chi connectivity index (χ4n) is 2.56. The third-order valence-electron chi connectivity index (χ3n) is 4.06. The van der Waals surface area contributed by atoms with Gasteiger partial charge in [-0.3, -0.25) is 9.59 Å². The second kappa shape index (κ2) is 9.65. The first-order chi connectivity index (χ1) is 14.7. The van der Waals surface area contributed by atoms with Gasteiger partial charge in [-0.15, -0.1) is 11.8 Å². The fourth-order valence-corrected chi connectivity index (χ4v) is 3.26. The number of anilines is 2. The number of hydrogen-bond donors (Lipinski definition) is 2. The van der Waals surface area contributed by atoms with Crippen molar-refractivity contribution in [3.63, 3.8) is 0 Å². The predicted octanol–water partition coefficient (Wildman–Crippen LogP) is 5.83. The van der Waals surface area contributed by atoms with E-state index in [0.717, 1.165) is 17.0 Å². The average Bonchev–Trinajstić information content (AvgIpc) is 2.73. The van der Waals surface area contributed by atoms with Gasteiger partial charge < -0.3 is 10.6 Å². The summed E-state index contributed by atoms with van der Waals surface area (Å²) in [6.45, 7) is 0. The molecular formula is C22H16F4N2O2S. The molecule has 0 fully saturated rings. The smallest absolute Gasteiger partial charge is 0.325 e. The molecule has 0 radical (unpaired) electrons. The molecule has 0 atom stereocenters. The summed E-state index contributed by atoms with van der Waals surface area (Å²) in [6.07, 6.45) is -4.48. The number of amides is 2. The lowest BCUT2D eigenvalue weighted by Gasteiger charge is -2.10. The molecule has 2 amide bonds. The molecule has 3 rings (SSSR count). The Morgan fingerprint density at radius 3 is 2.16 bits per heavy atom. The summed E-state index contributed by atoms with van der Waals surface area (Å²) in [5, 5.41) is 5.12. The van der Waals surface area contributed by atoms with Crippen molar-refractivity contribution in [2.45, 2.75) is 11.1 Å². The van der Waals surface area contributed by atoms with Crippen LogP contribution in [-0.2, 0) is 11.0 Å². The highest BCUT2D eigenvalue weighted by atomic mass is 32.2. The van der Waals surface area contributed by atoms with Crippen molar-refractivity contribution < 1.29 is 27.2 Å². The van der Waals surface area contributed by atoms with Gasteiger partial charge in [-0.2, -0.15) is 13.2 Å². The van der Waals surface area contributed by atoms with Gasteiger partial charge in [-0.25, -0.2) is 4.39 Å². The van der Waals surface area contributed by atoms with Crippen LogP contribution in [0.5, 0.6) is 0 Å². The minimum absolute atomic E-state index is 0.00245. The van der Waals surface area contributed by atoms with Crippen molar-refractivity contribution in [2.75, 3.05) is 16.4 Å². The molecule has 0 saturated carbocycles. The van der Waals surface area contributed by atoms with Gasteiger partial charge in [0.1, 0.15) is 5.82 Å². The van der Waals surface area contributed by atoms with Gasteiger partial charge in [-0.1, -0.05) is 6.07 Å². The topological polar surface area (TPSA) is 58.2 Å². The number of thioether (sulfide) groups is 1. The summed E-state index contributed by atoms with van der Waals surface area (Å²) in [7, 11) is 0. The molecule has 0 aliphatic rings. The van der Waals surface area contributed by atoms with Crippen molar-refractivity contribution in [1.82, 2.24) is 0 Å². The van der Waals surface area contributed by atoms with E-state index in [1.165, 1.54) is 48.2 Å². The van der Waals surface area contributed by atoms with Crippen LogP contribution in [0.3, 0.4) is 0 Å². The van der Waals surface area contributed by atoms with Crippen molar-refractivity contribution in [2.24, 2.45) is 0 Å². The van der Waals surface area contributed by atoms with Crippen molar-refractivity contribution in [3.8, 4) is 0 Å². The molecule has 160 valence electrons. The van der Waals surface area contributed by atoms with E-state index in [1.807, 2.05) is 0 Å².